The van der Waals surface area contributed by atoms with E-state index in [2.05, 4.69) is 43.4 Å². The van der Waals surface area contributed by atoms with Crippen LogP contribution in [0, 0.1) is 26.2 Å². The van der Waals surface area contributed by atoms with Gasteiger partial charge in [0.1, 0.15) is 0 Å². The number of aryl methyl sites for hydroxylation is 1. The van der Waals surface area contributed by atoms with E-state index in [1.165, 1.54) is 24.7 Å². The van der Waals surface area contributed by atoms with Gasteiger partial charge in [-0.1, -0.05) is 49.1 Å². The Labute approximate surface area is 209 Å². The van der Waals surface area contributed by atoms with Crippen LogP contribution in [-0.2, 0) is 25.5 Å². The Balaban J connectivity index is 2.00. The topological polar surface area (TPSA) is 64.6 Å². The number of amides is 1. The predicted octanol–water partition coefficient (Wildman–Crippen LogP) is 6.75. The average Bonchev–Trinajstić information content (AvgIpc) is 2.81. The minimum atomic E-state index is -0.914. The van der Waals surface area contributed by atoms with Crippen molar-refractivity contribution in [1.29, 1.82) is 0 Å². The second-order valence-corrected chi connectivity index (χ2v) is 11.4. The van der Waals surface area contributed by atoms with E-state index in [1.54, 1.807) is 0 Å². The van der Waals surface area contributed by atoms with Crippen LogP contribution in [0.15, 0.2) is 24.3 Å². The molecule has 5 heteroatoms. The molecule has 1 aliphatic carbocycles. The summed E-state index contributed by atoms with van der Waals surface area (Å²) < 4.78 is 11.6. The molecule has 188 valence electrons. The van der Waals surface area contributed by atoms with Crippen LogP contribution >= 0.6 is 0 Å². The van der Waals surface area contributed by atoms with Crippen LogP contribution in [0.1, 0.15) is 86.8 Å². The second kappa shape index (κ2) is 9.42. The first kappa shape index (κ1) is 25.4. The van der Waals surface area contributed by atoms with E-state index in [-0.39, 0.29) is 11.3 Å². The number of carbonyl (C=O) groups is 2. The van der Waals surface area contributed by atoms with Crippen molar-refractivity contribution in [3.05, 3.63) is 52.1 Å². The second-order valence-electron chi connectivity index (χ2n) is 11.4. The summed E-state index contributed by atoms with van der Waals surface area (Å²) in [4.78, 5) is 26.6. The highest BCUT2D eigenvalue weighted by Crippen LogP contribution is 2.50. The molecule has 1 spiro atoms. The highest BCUT2D eigenvalue weighted by molar-refractivity contribution is 6.01. The fourth-order valence-electron chi connectivity index (χ4n) is 5.88. The molecule has 2 aromatic rings. The number of benzene rings is 2. The van der Waals surface area contributed by atoms with Crippen molar-refractivity contribution in [2.75, 3.05) is 12.4 Å². The highest BCUT2D eigenvalue weighted by atomic mass is 16.6. The Bertz CT molecular complexity index is 1130. The summed E-state index contributed by atoms with van der Waals surface area (Å²) >= 11 is 0. The first-order valence-electron chi connectivity index (χ1n) is 12.8. The Hall–Kier alpha value is -2.66. The lowest BCUT2D eigenvalue weighted by Crippen LogP contribution is -2.44. The minimum absolute atomic E-state index is 0.118. The lowest BCUT2D eigenvalue weighted by atomic mass is 9.66. The molecule has 2 aromatic carbocycles. The van der Waals surface area contributed by atoms with Crippen molar-refractivity contribution >= 4 is 17.6 Å². The Kier molecular flexibility index (Phi) is 6.85. The lowest BCUT2D eigenvalue weighted by Gasteiger charge is -2.42. The molecule has 0 unspecified atom stereocenters. The number of ether oxygens (including phenoxy) is 2. The molecule has 1 aliphatic heterocycles. The molecule has 1 N–H and O–H groups in total. The maximum Gasteiger partial charge on any atom is 0.339 e. The van der Waals surface area contributed by atoms with Gasteiger partial charge < -0.3 is 14.8 Å². The van der Waals surface area contributed by atoms with E-state index in [9.17, 15) is 9.59 Å². The normalized spacial score (nSPS) is 18.1. The van der Waals surface area contributed by atoms with Crippen molar-refractivity contribution < 1.29 is 19.1 Å². The molecule has 0 aromatic heterocycles. The Morgan fingerprint density at radius 2 is 1.63 bits per heavy atom. The van der Waals surface area contributed by atoms with Crippen molar-refractivity contribution in [3.8, 4) is 11.1 Å². The van der Waals surface area contributed by atoms with Gasteiger partial charge in [0.2, 0.25) is 5.91 Å². The van der Waals surface area contributed by atoms with E-state index in [4.69, 9.17) is 9.47 Å². The third kappa shape index (κ3) is 4.75. The van der Waals surface area contributed by atoms with Gasteiger partial charge in [0.15, 0.2) is 6.10 Å². The molecular weight excluding hydrogens is 438 g/mol. The fourth-order valence-corrected chi connectivity index (χ4v) is 5.88. The summed E-state index contributed by atoms with van der Waals surface area (Å²) in [5.41, 5.74) is 7.06. The van der Waals surface area contributed by atoms with Crippen LogP contribution in [-0.4, -0.2) is 24.6 Å². The zero-order chi connectivity index (χ0) is 25.5. The fraction of sp³-hybridized carbons (Fsp3) is 0.533. The van der Waals surface area contributed by atoms with Gasteiger partial charge in [-0.15, -0.1) is 0 Å². The summed E-state index contributed by atoms with van der Waals surface area (Å²) in [5.74, 6) is -0.325. The average molecular weight is 478 g/mol. The van der Waals surface area contributed by atoms with Gasteiger partial charge in [0, 0.05) is 11.3 Å². The summed E-state index contributed by atoms with van der Waals surface area (Å²) in [5, 5.41) is 3.29. The molecule has 4 rings (SSSR count). The SMILES string of the molecule is COC(=O)[C@@H](OC(C)(C)C)c1c(C)c2c(c(C)c1-c1ccc(C)cc1)CC1(CCCCC1)C(=O)N2. The summed E-state index contributed by atoms with van der Waals surface area (Å²) in [6.45, 7) is 12.0. The molecule has 5 nitrogen and oxygen atoms in total. The van der Waals surface area contributed by atoms with Crippen molar-refractivity contribution in [2.24, 2.45) is 5.41 Å². The van der Waals surface area contributed by atoms with Gasteiger partial charge in [0.05, 0.1) is 18.1 Å². The van der Waals surface area contributed by atoms with Crippen LogP contribution in [0.3, 0.4) is 0 Å². The van der Waals surface area contributed by atoms with E-state index in [0.717, 1.165) is 65.6 Å². The molecule has 1 atom stereocenters. The Morgan fingerprint density at radius 1 is 1.00 bits per heavy atom. The molecule has 1 saturated carbocycles. The molecule has 1 amide bonds. The molecule has 1 heterocycles. The zero-order valence-corrected chi connectivity index (χ0v) is 22.3. The van der Waals surface area contributed by atoms with Gasteiger partial charge in [-0.05, 0) is 88.6 Å². The van der Waals surface area contributed by atoms with Gasteiger partial charge in [-0.25, -0.2) is 4.79 Å². The summed E-state index contributed by atoms with van der Waals surface area (Å²) in [6.07, 6.45) is 5.05. The number of rotatable bonds is 4. The van der Waals surface area contributed by atoms with Crippen molar-refractivity contribution in [3.63, 3.8) is 0 Å². The molecule has 0 bridgehead atoms. The van der Waals surface area contributed by atoms with Crippen molar-refractivity contribution in [2.45, 2.75) is 91.8 Å². The monoisotopic (exact) mass is 477 g/mol. The van der Waals surface area contributed by atoms with E-state index in [0.29, 0.717) is 0 Å². The zero-order valence-electron chi connectivity index (χ0n) is 22.3. The van der Waals surface area contributed by atoms with Crippen LogP contribution in [0.4, 0.5) is 5.69 Å². The molecule has 35 heavy (non-hydrogen) atoms. The van der Waals surface area contributed by atoms with Gasteiger partial charge in [-0.3, -0.25) is 4.79 Å². The first-order valence-corrected chi connectivity index (χ1v) is 12.8. The third-order valence-electron chi connectivity index (χ3n) is 7.71. The number of nitrogens with one attached hydrogen (secondary N) is 1. The van der Waals surface area contributed by atoms with Crippen LogP contribution in [0.5, 0.6) is 0 Å². The quantitative estimate of drug-likeness (QED) is 0.495. The van der Waals surface area contributed by atoms with E-state index in [1.807, 2.05) is 27.7 Å². The number of hydrogen-bond acceptors (Lipinski definition) is 4. The number of esters is 1. The molecule has 1 fully saturated rings. The van der Waals surface area contributed by atoms with Crippen LogP contribution in [0.2, 0.25) is 0 Å². The smallest absolute Gasteiger partial charge is 0.339 e. The third-order valence-corrected chi connectivity index (χ3v) is 7.71. The predicted molar refractivity (Wildman–Crippen MR) is 140 cm³/mol. The number of carbonyl (C=O) groups excluding carboxylic acids is 2. The van der Waals surface area contributed by atoms with Crippen molar-refractivity contribution in [1.82, 2.24) is 0 Å². The highest BCUT2D eigenvalue weighted by Gasteiger charge is 2.45. The van der Waals surface area contributed by atoms with Crippen LogP contribution in [0.25, 0.3) is 11.1 Å². The van der Waals surface area contributed by atoms with Gasteiger partial charge in [0.25, 0.3) is 0 Å². The number of hydrogen-bond donors (Lipinski definition) is 1. The van der Waals surface area contributed by atoms with Gasteiger partial charge >= 0.3 is 5.97 Å². The van der Waals surface area contributed by atoms with E-state index < -0.39 is 17.7 Å². The summed E-state index contributed by atoms with van der Waals surface area (Å²) in [7, 11) is 1.39. The number of fused-ring (bicyclic) bond motifs is 1. The minimum Gasteiger partial charge on any atom is -0.467 e. The molecular formula is C30H39NO4. The maximum atomic E-state index is 13.5. The standard InChI is InChI=1S/C30H39NO4/c1-18-11-13-21(14-12-18)23-19(2)22-17-30(15-9-8-10-16-30)28(33)31-25(22)20(3)24(23)26(27(32)34-7)35-29(4,5)6/h11-14,26H,8-10,15-17H2,1-7H3,(H,31,33)/t26-/m0/s1. The van der Waals surface area contributed by atoms with Gasteiger partial charge in [-0.2, -0.15) is 0 Å². The maximum absolute atomic E-state index is 13.5. The molecule has 0 saturated heterocycles. The molecule has 0 radical (unpaired) electrons. The Morgan fingerprint density at radius 3 is 2.20 bits per heavy atom. The first-order chi connectivity index (χ1) is 16.5. The lowest BCUT2D eigenvalue weighted by molar-refractivity contribution is -0.164. The largest absolute Gasteiger partial charge is 0.467 e. The summed E-state index contributed by atoms with van der Waals surface area (Å²) in [6, 6.07) is 8.40. The number of methoxy groups -OCH3 is 1. The van der Waals surface area contributed by atoms with Crippen LogP contribution < -0.4 is 5.32 Å². The number of anilines is 1. The van der Waals surface area contributed by atoms with E-state index >= 15 is 0 Å². The molecule has 2 aliphatic rings.